The van der Waals surface area contributed by atoms with Gasteiger partial charge in [0, 0.05) is 6.07 Å². The van der Waals surface area contributed by atoms with Gasteiger partial charge in [-0.05, 0) is 23.8 Å². The van der Waals surface area contributed by atoms with Gasteiger partial charge in [-0.15, -0.1) is 0 Å². The van der Waals surface area contributed by atoms with Crippen LogP contribution < -0.4 is 9.46 Å². The van der Waals surface area contributed by atoms with Crippen LogP contribution in [0.5, 0.6) is 5.75 Å². The summed E-state index contributed by atoms with van der Waals surface area (Å²) in [5.41, 5.74) is -0.390. The summed E-state index contributed by atoms with van der Waals surface area (Å²) < 4.78 is 43.7. The third-order valence-electron chi connectivity index (χ3n) is 4.49. The molecule has 0 aromatic heterocycles. The first-order chi connectivity index (χ1) is 11.4. The molecule has 1 amide bonds. The zero-order valence-electron chi connectivity index (χ0n) is 15.2. The number of benzene rings is 1. The Morgan fingerprint density at radius 2 is 1.96 bits per heavy atom. The van der Waals surface area contributed by atoms with Crippen molar-refractivity contribution >= 4 is 27.5 Å². The lowest BCUT2D eigenvalue weighted by Gasteiger charge is -2.32. The fourth-order valence-electron chi connectivity index (χ4n) is 2.41. The Labute approximate surface area is 154 Å². The van der Waals surface area contributed by atoms with Crippen molar-refractivity contribution in [1.29, 1.82) is 0 Å². The molecule has 142 valence electrons. The molecule has 0 radical (unpaired) electrons. The lowest BCUT2D eigenvalue weighted by Crippen LogP contribution is -2.30. The van der Waals surface area contributed by atoms with Crippen molar-refractivity contribution in [2.45, 2.75) is 40.5 Å². The van der Waals surface area contributed by atoms with Gasteiger partial charge in [0.1, 0.15) is 11.6 Å². The number of amides is 1. The molecule has 1 aromatic rings. The summed E-state index contributed by atoms with van der Waals surface area (Å²) >= 11 is 6.07. The molecule has 0 saturated carbocycles. The van der Waals surface area contributed by atoms with Gasteiger partial charge in [-0.3, -0.25) is 4.79 Å². The van der Waals surface area contributed by atoms with Gasteiger partial charge in [-0.1, -0.05) is 45.7 Å². The van der Waals surface area contributed by atoms with E-state index in [4.69, 9.17) is 16.3 Å². The van der Waals surface area contributed by atoms with E-state index in [2.05, 4.69) is 27.7 Å². The number of sulfonamides is 1. The molecule has 0 bridgehead atoms. The molecule has 0 saturated heterocycles. The number of hydrogen-bond donors (Lipinski definition) is 1. The molecule has 1 rings (SSSR count). The average molecular weight is 394 g/mol. The summed E-state index contributed by atoms with van der Waals surface area (Å²) in [7, 11) is -3.80. The highest BCUT2D eigenvalue weighted by atomic mass is 35.5. The highest BCUT2D eigenvalue weighted by molar-refractivity contribution is 7.89. The van der Waals surface area contributed by atoms with Crippen LogP contribution >= 0.6 is 11.6 Å². The zero-order chi connectivity index (χ0) is 19.4. The Balaban J connectivity index is 2.98. The van der Waals surface area contributed by atoms with Gasteiger partial charge in [0.05, 0.1) is 23.4 Å². The van der Waals surface area contributed by atoms with E-state index in [1.54, 1.807) is 4.72 Å². The number of halogens is 2. The molecule has 0 aliphatic heterocycles. The van der Waals surface area contributed by atoms with E-state index in [0.29, 0.717) is 6.61 Å². The number of ether oxygens (including phenoxy) is 1. The summed E-state index contributed by atoms with van der Waals surface area (Å²) in [6.45, 7) is 8.82. The van der Waals surface area contributed by atoms with Crippen LogP contribution in [-0.4, -0.2) is 27.2 Å². The second-order valence-electron chi connectivity index (χ2n) is 6.72. The third kappa shape index (κ3) is 6.15. The smallest absolute Gasteiger partial charge is 0.267 e. The van der Waals surface area contributed by atoms with E-state index in [-0.39, 0.29) is 22.1 Å². The molecule has 0 fully saturated rings. The summed E-state index contributed by atoms with van der Waals surface area (Å²) in [6.07, 6.45) is 2.68. The van der Waals surface area contributed by atoms with Crippen molar-refractivity contribution in [2.24, 2.45) is 11.3 Å². The molecule has 1 N–H and O–H groups in total. The summed E-state index contributed by atoms with van der Waals surface area (Å²) in [4.78, 5) is 11.8. The highest BCUT2D eigenvalue weighted by Crippen LogP contribution is 2.35. The predicted octanol–water partition coefficient (Wildman–Crippen LogP) is 4.01. The molecule has 5 nitrogen and oxygen atoms in total. The number of hydrogen-bond acceptors (Lipinski definition) is 4. The third-order valence-corrected chi connectivity index (χ3v) is 5.35. The van der Waals surface area contributed by atoms with Crippen molar-refractivity contribution in [3.05, 3.63) is 28.5 Å². The molecular weight excluding hydrogens is 369 g/mol. The molecule has 1 unspecified atom stereocenters. The minimum atomic E-state index is -3.80. The van der Waals surface area contributed by atoms with Crippen LogP contribution in [0.1, 0.15) is 50.9 Å². The Bertz CT molecular complexity index is 734. The van der Waals surface area contributed by atoms with Crippen molar-refractivity contribution in [3.8, 4) is 5.75 Å². The first kappa shape index (κ1) is 21.7. The molecule has 0 spiro atoms. The van der Waals surface area contributed by atoms with Crippen molar-refractivity contribution in [3.63, 3.8) is 0 Å². The van der Waals surface area contributed by atoms with Crippen LogP contribution in [0.25, 0.3) is 0 Å². The maximum Gasteiger partial charge on any atom is 0.267 e. The Morgan fingerprint density at radius 1 is 1.36 bits per heavy atom. The molecule has 0 aliphatic rings. The summed E-state index contributed by atoms with van der Waals surface area (Å²) in [6, 6.07) is 2.07. The van der Waals surface area contributed by atoms with Crippen LogP contribution in [0.2, 0.25) is 5.02 Å². The van der Waals surface area contributed by atoms with E-state index < -0.39 is 27.3 Å². The molecular formula is C17H25ClFNO4S. The minimum Gasteiger partial charge on any atom is -0.492 e. The molecule has 8 heteroatoms. The minimum absolute atomic E-state index is 0.0456. The van der Waals surface area contributed by atoms with Gasteiger partial charge in [-0.2, -0.15) is 0 Å². The Morgan fingerprint density at radius 3 is 2.44 bits per heavy atom. The zero-order valence-corrected chi connectivity index (χ0v) is 16.7. The standard InChI is InChI=1S/C17H25ClFNO4S/c1-6-11(17(3,4)7-2)10-24-15-9-14(19)12(8-13(15)18)16(21)20-25(5,22)23/h8-9,11H,6-7,10H2,1-5H3,(H,20,21). The maximum absolute atomic E-state index is 14.2. The fraction of sp³-hybridized carbons (Fsp3) is 0.588. The van der Waals surface area contributed by atoms with Crippen LogP contribution in [0.15, 0.2) is 12.1 Å². The van der Waals surface area contributed by atoms with Crippen LogP contribution in [-0.2, 0) is 10.0 Å². The lowest BCUT2D eigenvalue weighted by molar-refractivity contribution is 0.0977. The van der Waals surface area contributed by atoms with Gasteiger partial charge in [0.15, 0.2) is 0 Å². The van der Waals surface area contributed by atoms with E-state index in [0.717, 1.165) is 31.2 Å². The van der Waals surface area contributed by atoms with Gasteiger partial charge >= 0.3 is 0 Å². The topological polar surface area (TPSA) is 72.5 Å². The van der Waals surface area contributed by atoms with E-state index >= 15 is 0 Å². The molecule has 1 aromatic carbocycles. The second kappa shape index (κ2) is 8.36. The van der Waals surface area contributed by atoms with Crippen LogP contribution in [0.4, 0.5) is 4.39 Å². The molecule has 25 heavy (non-hydrogen) atoms. The number of rotatable bonds is 8. The number of carbonyl (C=O) groups is 1. The Hall–Kier alpha value is -1.34. The molecule has 1 atom stereocenters. The number of carbonyl (C=O) groups excluding carboxylic acids is 1. The van der Waals surface area contributed by atoms with Crippen LogP contribution in [0.3, 0.4) is 0 Å². The quantitative estimate of drug-likeness (QED) is 0.724. The van der Waals surface area contributed by atoms with Gasteiger partial charge in [0.25, 0.3) is 5.91 Å². The maximum atomic E-state index is 14.2. The predicted molar refractivity (Wildman–Crippen MR) is 97.1 cm³/mol. The summed E-state index contributed by atoms with van der Waals surface area (Å²) in [5.74, 6) is -1.60. The fourth-order valence-corrected chi connectivity index (χ4v) is 3.08. The van der Waals surface area contributed by atoms with Gasteiger partial charge < -0.3 is 4.74 Å². The van der Waals surface area contributed by atoms with Crippen molar-refractivity contribution in [1.82, 2.24) is 4.72 Å². The van der Waals surface area contributed by atoms with Crippen molar-refractivity contribution in [2.75, 3.05) is 12.9 Å². The largest absolute Gasteiger partial charge is 0.492 e. The normalized spacial score (nSPS) is 13.4. The molecule has 0 heterocycles. The molecule has 0 aliphatic carbocycles. The van der Waals surface area contributed by atoms with E-state index in [1.165, 1.54) is 0 Å². The lowest BCUT2D eigenvalue weighted by atomic mass is 9.76. The van der Waals surface area contributed by atoms with E-state index in [1.807, 2.05) is 0 Å². The SMILES string of the molecule is CCC(COc1cc(F)c(C(=O)NS(C)(=O)=O)cc1Cl)C(C)(C)CC. The Kier molecular flexibility index (Phi) is 7.26. The number of nitrogens with one attached hydrogen (secondary N) is 1. The second-order valence-corrected chi connectivity index (χ2v) is 8.88. The first-order valence-corrected chi connectivity index (χ1v) is 10.3. The van der Waals surface area contributed by atoms with E-state index in [9.17, 15) is 17.6 Å². The van der Waals surface area contributed by atoms with Gasteiger partial charge in [0.2, 0.25) is 10.0 Å². The van der Waals surface area contributed by atoms with Crippen molar-refractivity contribution < 1.29 is 22.3 Å². The van der Waals surface area contributed by atoms with Crippen LogP contribution in [0, 0.1) is 17.2 Å². The van der Waals surface area contributed by atoms with Gasteiger partial charge in [-0.25, -0.2) is 17.5 Å². The first-order valence-electron chi connectivity index (χ1n) is 8.05. The monoisotopic (exact) mass is 393 g/mol. The average Bonchev–Trinajstić information content (AvgIpc) is 2.48. The summed E-state index contributed by atoms with van der Waals surface area (Å²) in [5, 5.41) is 0.0456. The highest BCUT2D eigenvalue weighted by Gasteiger charge is 2.27.